The number of ketones is 1. The number of carbonyl (C=O) groups is 4. The van der Waals surface area contributed by atoms with Crippen LogP contribution in [0, 0.1) is 17.8 Å². The summed E-state index contributed by atoms with van der Waals surface area (Å²) in [6.07, 6.45) is 0.995. The van der Waals surface area contributed by atoms with Crippen molar-refractivity contribution in [2.45, 2.75) is 142 Å². The van der Waals surface area contributed by atoms with Crippen molar-refractivity contribution in [2.24, 2.45) is 17.8 Å². The minimum Gasteiger partial charge on any atom is -0.463 e. The maximum Gasteiger partial charge on any atom is 0.410 e. The Morgan fingerprint density at radius 3 is 2.29 bits per heavy atom. The van der Waals surface area contributed by atoms with Gasteiger partial charge in [0, 0.05) is 19.6 Å². The van der Waals surface area contributed by atoms with E-state index < -0.39 is 65.6 Å². The van der Waals surface area contributed by atoms with E-state index in [1.54, 1.807) is 50.1 Å². The van der Waals surface area contributed by atoms with Crippen molar-refractivity contribution in [2.75, 3.05) is 54.0 Å². The predicted molar refractivity (Wildman–Crippen MR) is 212 cm³/mol. The van der Waals surface area contributed by atoms with Gasteiger partial charge in [-0.05, 0) is 132 Å². The number of rotatable bonds is 10. The summed E-state index contributed by atoms with van der Waals surface area (Å²) in [5.74, 6) is -3.78. The Kier molecular flexibility index (Phi) is 16.3. The number of Topliss-reactive ketones (excluding diaryl/α,β-unsaturated/α-hetero) is 1. The van der Waals surface area contributed by atoms with Crippen molar-refractivity contribution in [3.63, 3.8) is 0 Å². The highest BCUT2D eigenvalue weighted by Crippen LogP contribution is 2.37. The average molecular weight is 788 g/mol. The molecule has 3 aliphatic heterocycles. The lowest BCUT2D eigenvalue weighted by atomic mass is 9.78. The van der Waals surface area contributed by atoms with Gasteiger partial charge in [-0.15, -0.1) is 0 Å². The Balaban J connectivity index is 1.71. The molecule has 3 fully saturated rings. The standard InChI is InChI=1S/C43H69N3O10/c1-28-25-43(8,51-11)37(55-40-36(34(44(9)10)24-29(2)53-40)54-39(49)32-18-13-12-14-19-32)30(3)35(47)31(4)38(48)52-27-33(20-17-23-45-21-15-16-22-45)46(26-28)41(50)56-42(5,6)7/h12-14,18-19,28-31,33-34,36-37,40H,15-17,20-27H2,1-11H3/t28-,29-,30+,31?,33-,34+,36-,37-,40+,43-/m1/s1. The Bertz CT molecular complexity index is 1450. The zero-order chi connectivity index (χ0) is 41.4. The Morgan fingerprint density at radius 1 is 1.02 bits per heavy atom. The predicted octanol–water partition coefficient (Wildman–Crippen LogP) is 5.97. The van der Waals surface area contributed by atoms with Gasteiger partial charge in [-0.1, -0.05) is 32.0 Å². The Labute approximate surface area is 335 Å². The molecule has 1 aromatic rings. The topological polar surface area (TPSA) is 133 Å². The van der Waals surface area contributed by atoms with Crippen molar-refractivity contribution in [1.82, 2.24) is 14.7 Å². The molecular formula is C43H69N3O10. The first-order valence-electron chi connectivity index (χ1n) is 20.5. The van der Waals surface area contributed by atoms with Crippen LogP contribution in [0.1, 0.15) is 104 Å². The lowest BCUT2D eigenvalue weighted by molar-refractivity contribution is -0.294. The number of carbonyl (C=O) groups excluding carboxylic acids is 4. The number of hydrogen-bond acceptors (Lipinski definition) is 12. The van der Waals surface area contributed by atoms with E-state index in [1.165, 1.54) is 12.8 Å². The Morgan fingerprint density at radius 2 is 1.68 bits per heavy atom. The first kappa shape index (κ1) is 45.6. The summed E-state index contributed by atoms with van der Waals surface area (Å²) in [5.41, 5.74) is -1.50. The molecule has 0 bridgehead atoms. The fourth-order valence-electron chi connectivity index (χ4n) is 8.42. The van der Waals surface area contributed by atoms with Crippen LogP contribution in [0.2, 0.25) is 0 Å². The van der Waals surface area contributed by atoms with Gasteiger partial charge in [0.2, 0.25) is 0 Å². The first-order chi connectivity index (χ1) is 26.3. The molecule has 4 rings (SSSR count). The number of likely N-dealkylation sites (N-methyl/N-ethyl adjacent to an activating group) is 1. The van der Waals surface area contributed by atoms with Gasteiger partial charge < -0.3 is 43.1 Å². The van der Waals surface area contributed by atoms with Crippen LogP contribution < -0.4 is 0 Å². The summed E-state index contributed by atoms with van der Waals surface area (Å²) in [5, 5.41) is 0. The summed E-state index contributed by atoms with van der Waals surface area (Å²) in [6.45, 7) is 17.8. The number of ether oxygens (including phenoxy) is 6. The molecule has 0 saturated carbocycles. The third-order valence-electron chi connectivity index (χ3n) is 11.5. The number of benzene rings is 1. The lowest BCUT2D eigenvalue weighted by Crippen LogP contribution is -2.60. The van der Waals surface area contributed by atoms with Crippen molar-refractivity contribution in [3.05, 3.63) is 35.9 Å². The van der Waals surface area contributed by atoms with Crippen LogP contribution in [0.4, 0.5) is 4.79 Å². The Hall–Kier alpha value is -3.10. The highest BCUT2D eigenvalue weighted by atomic mass is 16.7. The van der Waals surface area contributed by atoms with E-state index in [-0.39, 0.29) is 37.0 Å². The van der Waals surface area contributed by atoms with E-state index in [9.17, 15) is 19.2 Å². The van der Waals surface area contributed by atoms with Gasteiger partial charge in [-0.3, -0.25) is 9.59 Å². The molecule has 0 aromatic heterocycles. The molecule has 10 atom stereocenters. The molecule has 0 N–H and O–H groups in total. The fourth-order valence-corrected chi connectivity index (χ4v) is 8.42. The molecule has 13 heteroatoms. The number of methoxy groups -OCH3 is 1. The molecule has 0 radical (unpaired) electrons. The first-order valence-corrected chi connectivity index (χ1v) is 20.5. The van der Waals surface area contributed by atoms with Gasteiger partial charge in [0.05, 0.1) is 35.5 Å². The van der Waals surface area contributed by atoms with Crippen molar-refractivity contribution >= 4 is 23.8 Å². The van der Waals surface area contributed by atoms with Crippen LogP contribution in [-0.2, 0) is 38.0 Å². The monoisotopic (exact) mass is 787 g/mol. The number of amides is 1. The second-order valence-corrected chi connectivity index (χ2v) is 17.7. The molecule has 3 aliphatic rings. The molecule has 1 amide bonds. The second kappa shape index (κ2) is 20.0. The molecule has 56 heavy (non-hydrogen) atoms. The highest BCUT2D eigenvalue weighted by molar-refractivity contribution is 6.00. The third kappa shape index (κ3) is 12.2. The molecule has 0 spiro atoms. The van der Waals surface area contributed by atoms with Crippen LogP contribution >= 0.6 is 0 Å². The number of likely N-dealkylation sites (tertiary alicyclic amines) is 1. The van der Waals surface area contributed by atoms with E-state index in [1.807, 2.05) is 66.6 Å². The highest BCUT2D eigenvalue weighted by Gasteiger charge is 2.50. The summed E-state index contributed by atoms with van der Waals surface area (Å²) in [7, 11) is 5.40. The minimum atomic E-state index is -1.14. The van der Waals surface area contributed by atoms with E-state index in [4.69, 9.17) is 28.4 Å². The fraction of sp³-hybridized carbons (Fsp3) is 0.767. The quantitative estimate of drug-likeness (QED) is 0.157. The number of cyclic esters (lactones) is 1. The van der Waals surface area contributed by atoms with Gasteiger partial charge in [0.1, 0.15) is 18.1 Å². The third-order valence-corrected chi connectivity index (χ3v) is 11.5. The lowest BCUT2D eigenvalue weighted by Gasteiger charge is -2.47. The molecular weight excluding hydrogens is 718 g/mol. The van der Waals surface area contributed by atoms with E-state index in [0.717, 1.165) is 26.1 Å². The molecule has 316 valence electrons. The second-order valence-electron chi connectivity index (χ2n) is 17.7. The zero-order valence-corrected chi connectivity index (χ0v) is 35.8. The van der Waals surface area contributed by atoms with Crippen LogP contribution in [-0.4, -0.2) is 140 Å². The van der Waals surface area contributed by atoms with Gasteiger partial charge in [0.25, 0.3) is 0 Å². The number of hydrogen-bond donors (Lipinski definition) is 0. The van der Waals surface area contributed by atoms with Crippen LogP contribution in [0.3, 0.4) is 0 Å². The minimum absolute atomic E-state index is 0.0630. The van der Waals surface area contributed by atoms with E-state index in [2.05, 4.69) is 4.90 Å². The van der Waals surface area contributed by atoms with Gasteiger partial charge in [-0.2, -0.15) is 0 Å². The van der Waals surface area contributed by atoms with Crippen LogP contribution in [0.25, 0.3) is 0 Å². The van der Waals surface area contributed by atoms with Crippen molar-refractivity contribution in [3.8, 4) is 0 Å². The average Bonchev–Trinajstić information content (AvgIpc) is 3.66. The van der Waals surface area contributed by atoms with Crippen LogP contribution in [0.5, 0.6) is 0 Å². The molecule has 3 saturated heterocycles. The largest absolute Gasteiger partial charge is 0.463 e. The summed E-state index contributed by atoms with van der Waals surface area (Å²) >= 11 is 0. The maximum absolute atomic E-state index is 14.3. The summed E-state index contributed by atoms with van der Waals surface area (Å²) in [6, 6.07) is 8.00. The van der Waals surface area contributed by atoms with Gasteiger partial charge >= 0.3 is 18.0 Å². The van der Waals surface area contributed by atoms with Crippen LogP contribution in [0.15, 0.2) is 30.3 Å². The molecule has 1 unspecified atom stereocenters. The summed E-state index contributed by atoms with van der Waals surface area (Å²) in [4.78, 5) is 61.7. The molecule has 1 aromatic carbocycles. The smallest absolute Gasteiger partial charge is 0.410 e. The maximum atomic E-state index is 14.3. The number of esters is 2. The zero-order valence-electron chi connectivity index (χ0n) is 35.8. The normalized spacial score (nSPS) is 32.9. The van der Waals surface area contributed by atoms with E-state index in [0.29, 0.717) is 24.8 Å². The van der Waals surface area contributed by atoms with Gasteiger partial charge in [0.15, 0.2) is 18.2 Å². The number of nitrogens with zero attached hydrogens (tertiary/aromatic N) is 3. The summed E-state index contributed by atoms with van der Waals surface area (Å²) < 4.78 is 37.7. The molecule has 3 heterocycles. The van der Waals surface area contributed by atoms with Crippen molar-refractivity contribution in [1.29, 1.82) is 0 Å². The van der Waals surface area contributed by atoms with Crippen molar-refractivity contribution < 1.29 is 47.6 Å². The molecule has 0 aliphatic carbocycles. The van der Waals surface area contributed by atoms with E-state index >= 15 is 0 Å². The molecule has 13 nitrogen and oxygen atoms in total. The SMILES string of the molecule is CO[C@]1(C)C[C@@H](C)CN(C(=O)OC(C)(C)C)[C@H](CCCN2CCCC2)COC(=O)C(C)C(=O)[C@H](C)[C@H]1O[C@@H]1O[C@H](C)C[C@H](N(C)C)[C@H]1OC(=O)c1ccccc1. The van der Waals surface area contributed by atoms with Gasteiger partial charge in [-0.25, -0.2) is 9.59 Å².